The smallest absolute Gasteiger partial charge is 0.262 e. The minimum absolute atomic E-state index is 0.154. The van der Waals surface area contributed by atoms with E-state index in [2.05, 4.69) is 20.7 Å². The third-order valence-corrected chi connectivity index (χ3v) is 6.53. The van der Waals surface area contributed by atoms with Crippen LogP contribution in [0.25, 0.3) is 0 Å². The summed E-state index contributed by atoms with van der Waals surface area (Å²) < 4.78 is 28.9. The molecule has 0 aromatic heterocycles. The molecule has 0 atom stereocenters. The van der Waals surface area contributed by atoms with Gasteiger partial charge in [0, 0.05) is 22.6 Å². The molecular formula is C18H18BrClN2O3S. The highest BCUT2D eigenvalue weighted by Crippen LogP contribution is 2.28. The molecule has 1 aliphatic heterocycles. The zero-order valence-electron chi connectivity index (χ0n) is 14.1. The quantitative estimate of drug-likeness (QED) is 0.738. The molecule has 0 saturated carbocycles. The molecule has 1 saturated heterocycles. The van der Waals surface area contributed by atoms with Gasteiger partial charge in [0.05, 0.1) is 16.1 Å². The minimum Gasteiger partial charge on any atom is -0.339 e. The number of benzene rings is 2. The Morgan fingerprint density at radius 3 is 2.54 bits per heavy atom. The van der Waals surface area contributed by atoms with Crippen LogP contribution in [-0.2, 0) is 10.0 Å². The average Bonchev–Trinajstić information content (AvgIpc) is 3.12. The fourth-order valence-electron chi connectivity index (χ4n) is 2.94. The van der Waals surface area contributed by atoms with E-state index in [0.717, 1.165) is 12.8 Å². The summed E-state index contributed by atoms with van der Waals surface area (Å²) in [6, 6.07) is 9.63. The molecule has 138 valence electrons. The van der Waals surface area contributed by atoms with Gasteiger partial charge in [-0.25, -0.2) is 8.42 Å². The number of amides is 1. The highest BCUT2D eigenvalue weighted by atomic mass is 79.9. The van der Waals surface area contributed by atoms with Gasteiger partial charge in [0.25, 0.3) is 15.9 Å². The Bertz CT molecular complexity index is 957. The summed E-state index contributed by atoms with van der Waals surface area (Å²) in [5.74, 6) is -0.214. The average molecular weight is 458 g/mol. The molecule has 3 rings (SSSR count). The van der Waals surface area contributed by atoms with Crippen LogP contribution in [0.5, 0.6) is 0 Å². The number of hydrogen-bond donors (Lipinski definition) is 1. The van der Waals surface area contributed by atoms with Crippen molar-refractivity contribution < 1.29 is 13.2 Å². The number of carbonyl (C=O) groups excluding carboxylic acids is 1. The maximum absolute atomic E-state index is 12.9. The highest BCUT2D eigenvalue weighted by molar-refractivity contribution is 9.10. The first-order valence-electron chi connectivity index (χ1n) is 8.16. The fourth-order valence-corrected chi connectivity index (χ4v) is 4.97. The van der Waals surface area contributed by atoms with Crippen molar-refractivity contribution in [2.75, 3.05) is 17.8 Å². The molecule has 8 heteroatoms. The summed E-state index contributed by atoms with van der Waals surface area (Å²) >= 11 is 9.34. The number of anilines is 1. The van der Waals surface area contributed by atoms with Gasteiger partial charge < -0.3 is 4.90 Å². The van der Waals surface area contributed by atoms with E-state index in [1.807, 2.05) is 0 Å². The Balaban J connectivity index is 1.99. The zero-order chi connectivity index (χ0) is 18.9. The maximum atomic E-state index is 12.9. The molecule has 0 radical (unpaired) electrons. The van der Waals surface area contributed by atoms with E-state index in [4.69, 9.17) is 11.6 Å². The number of carbonyl (C=O) groups is 1. The summed E-state index contributed by atoms with van der Waals surface area (Å²) in [5.41, 5.74) is 1.10. The minimum atomic E-state index is -3.85. The Morgan fingerprint density at radius 1 is 1.15 bits per heavy atom. The third-order valence-electron chi connectivity index (χ3n) is 4.29. The van der Waals surface area contributed by atoms with Gasteiger partial charge in [-0.05, 0) is 55.7 Å². The molecule has 2 aromatic carbocycles. The molecule has 0 spiro atoms. The topological polar surface area (TPSA) is 66.5 Å². The molecule has 0 aliphatic carbocycles. The summed E-state index contributed by atoms with van der Waals surface area (Å²) in [6.45, 7) is 3.06. The van der Waals surface area contributed by atoms with Crippen LogP contribution in [0, 0.1) is 6.92 Å². The van der Waals surface area contributed by atoms with E-state index < -0.39 is 10.0 Å². The van der Waals surface area contributed by atoms with Crippen molar-refractivity contribution in [3.8, 4) is 0 Å². The van der Waals surface area contributed by atoms with Gasteiger partial charge >= 0.3 is 0 Å². The lowest BCUT2D eigenvalue weighted by atomic mass is 10.1. The van der Waals surface area contributed by atoms with Gasteiger partial charge in [0.1, 0.15) is 0 Å². The van der Waals surface area contributed by atoms with Crippen LogP contribution < -0.4 is 4.72 Å². The number of rotatable bonds is 4. The molecule has 1 aliphatic rings. The van der Waals surface area contributed by atoms with E-state index in [-0.39, 0.29) is 22.1 Å². The van der Waals surface area contributed by atoms with Crippen LogP contribution in [0.2, 0.25) is 5.02 Å². The number of nitrogens with zero attached hydrogens (tertiary/aromatic N) is 1. The van der Waals surface area contributed by atoms with Crippen molar-refractivity contribution in [2.45, 2.75) is 24.7 Å². The first-order chi connectivity index (χ1) is 12.3. The van der Waals surface area contributed by atoms with E-state index in [1.165, 1.54) is 18.2 Å². The van der Waals surface area contributed by atoms with Crippen molar-refractivity contribution >= 4 is 49.1 Å². The number of nitrogens with one attached hydrogen (secondary N) is 1. The Hall–Kier alpha value is -1.57. The number of aryl methyl sites for hydroxylation is 1. The zero-order valence-corrected chi connectivity index (χ0v) is 17.3. The van der Waals surface area contributed by atoms with Gasteiger partial charge in [-0.3, -0.25) is 9.52 Å². The second-order valence-electron chi connectivity index (χ2n) is 6.20. The monoisotopic (exact) mass is 456 g/mol. The number of hydrogen-bond acceptors (Lipinski definition) is 3. The Labute approximate surface area is 166 Å². The number of halogens is 2. The number of sulfonamides is 1. The summed E-state index contributed by atoms with van der Waals surface area (Å²) in [7, 11) is -3.85. The Kier molecular flexibility index (Phi) is 5.60. The lowest BCUT2D eigenvalue weighted by molar-refractivity contribution is 0.0794. The van der Waals surface area contributed by atoms with E-state index in [9.17, 15) is 13.2 Å². The van der Waals surface area contributed by atoms with Crippen LogP contribution in [0.3, 0.4) is 0 Å². The van der Waals surface area contributed by atoms with Crippen molar-refractivity contribution in [1.82, 2.24) is 4.90 Å². The molecule has 1 heterocycles. The number of likely N-dealkylation sites (tertiary alicyclic amines) is 1. The third kappa shape index (κ3) is 4.05. The van der Waals surface area contributed by atoms with E-state index in [0.29, 0.717) is 28.1 Å². The molecular weight excluding hydrogens is 440 g/mol. The predicted molar refractivity (Wildman–Crippen MR) is 106 cm³/mol. The van der Waals surface area contributed by atoms with Crippen LogP contribution in [0.4, 0.5) is 5.69 Å². The highest BCUT2D eigenvalue weighted by Gasteiger charge is 2.25. The molecule has 2 aromatic rings. The first kappa shape index (κ1) is 19.2. The van der Waals surface area contributed by atoms with Crippen molar-refractivity contribution in [2.24, 2.45) is 0 Å². The maximum Gasteiger partial charge on any atom is 0.262 e. The predicted octanol–water partition coefficient (Wildman–Crippen LogP) is 4.45. The molecule has 5 nitrogen and oxygen atoms in total. The SMILES string of the molecule is Cc1ccc(Br)cc1S(=O)(=O)Nc1ccc(Cl)cc1C(=O)N1CCCC1. The fraction of sp³-hybridized carbons (Fsp3) is 0.278. The van der Waals surface area contributed by atoms with Crippen LogP contribution in [0.15, 0.2) is 45.8 Å². The molecule has 1 N–H and O–H groups in total. The van der Waals surface area contributed by atoms with E-state index >= 15 is 0 Å². The standard InChI is InChI=1S/C18H18BrClN2O3S/c1-12-4-5-13(19)10-17(12)26(24,25)21-16-7-6-14(20)11-15(16)18(23)22-8-2-3-9-22/h4-7,10-11,21H,2-3,8-9H2,1H3. The van der Waals surface area contributed by atoms with Gasteiger partial charge in [-0.2, -0.15) is 0 Å². The molecule has 26 heavy (non-hydrogen) atoms. The van der Waals surface area contributed by atoms with Crippen molar-refractivity contribution in [3.05, 3.63) is 57.0 Å². The van der Waals surface area contributed by atoms with Crippen molar-refractivity contribution in [3.63, 3.8) is 0 Å². The summed E-state index contributed by atoms with van der Waals surface area (Å²) in [4.78, 5) is 14.7. The first-order valence-corrected chi connectivity index (χ1v) is 10.8. The Morgan fingerprint density at radius 2 is 1.85 bits per heavy atom. The second-order valence-corrected chi connectivity index (χ2v) is 9.21. The van der Waals surface area contributed by atoms with Gasteiger partial charge in [-0.15, -0.1) is 0 Å². The van der Waals surface area contributed by atoms with Crippen LogP contribution >= 0.6 is 27.5 Å². The molecule has 0 bridgehead atoms. The van der Waals surface area contributed by atoms with Crippen molar-refractivity contribution in [1.29, 1.82) is 0 Å². The molecule has 1 fully saturated rings. The normalized spacial score (nSPS) is 14.5. The van der Waals surface area contributed by atoms with E-state index in [1.54, 1.807) is 30.0 Å². The largest absolute Gasteiger partial charge is 0.339 e. The van der Waals surface area contributed by atoms with Gasteiger partial charge in [-0.1, -0.05) is 33.6 Å². The molecule has 1 amide bonds. The van der Waals surface area contributed by atoms with Gasteiger partial charge in [0.15, 0.2) is 0 Å². The van der Waals surface area contributed by atoms with Crippen LogP contribution in [-0.4, -0.2) is 32.3 Å². The van der Waals surface area contributed by atoms with Gasteiger partial charge in [0.2, 0.25) is 0 Å². The lowest BCUT2D eigenvalue weighted by Crippen LogP contribution is -2.29. The van der Waals surface area contributed by atoms with Crippen LogP contribution in [0.1, 0.15) is 28.8 Å². The second kappa shape index (κ2) is 7.58. The lowest BCUT2D eigenvalue weighted by Gasteiger charge is -2.19. The summed E-state index contributed by atoms with van der Waals surface area (Å²) in [5, 5.41) is 0.383. The molecule has 0 unspecified atom stereocenters. The summed E-state index contributed by atoms with van der Waals surface area (Å²) in [6.07, 6.45) is 1.90.